The van der Waals surface area contributed by atoms with E-state index in [2.05, 4.69) is 6.92 Å². The van der Waals surface area contributed by atoms with E-state index in [0.29, 0.717) is 11.7 Å². The minimum Gasteiger partial charge on any atom is -0.299 e. The highest BCUT2D eigenvalue weighted by Gasteiger charge is 2.42. The maximum Gasteiger partial charge on any atom is 0.136 e. The summed E-state index contributed by atoms with van der Waals surface area (Å²) in [4.78, 5) is 11.4. The van der Waals surface area contributed by atoms with E-state index < -0.39 is 0 Å². The number of ketones is 1. The van der Waals surface area contributed by atoms with Crippen molar-refractivity contribution in [2.45, 2.75) is 39.0 Å². The van der Waals surface area contributed by atoms with Crippen LogP contribution in [0.4, 0.5) is 0 Å². The summed E-state index contributed by atoms with van der Waals surface area (Å²) in [6, 6.07) is 0. The van der Waals surface area contributed by atoms with E-state index in [9.17, 15) is 4.79 Å². The van der Waals surface area contributed by atoms with Crippen LogP contribution in [0.5, 0.6) is 0 Å². The zero-order valence-corrected chi connectivity index (χ0v) is 7.18. The smallest absolute Gasteiger partial charge is 0.136 e. The average Bonchev–Trinajstić information content (AvgIpc) is 2.82. The van der Waals surface area contributed by atoms with Crippen molar-refractivity contribution in [2.75, 3.05) is 0 Å². The van der Waals surface area contributed by atoms with Gasteiger partial charge in [0.2, 0.25) is 0 Å². The normalized spacial score (nSPS) is 35.4. The molecule has 1 heteroatoms. The third-order valence-electron chi connectivity index (χ3n) is 3.05. The van der Waals surface area contributed by atoms with Crippen LogP contribution in [0.1, 0.15) is 39.0 Å². The molecule has 2 saturated carbocycles. The minimum absolute atomic E-state index is 0.487. The van der Waals surface area contributed by atoms with Crippen LogP contribution in [0.3, 0.4) is 0 Å². The molecule has 0 N–H and O–H groups in total. The summed E-state index contributed by atoms with van der Waals surface area (Å²) in [7, 11) is 0. The standard InChI is InChI=1S/C10H16O/c1-2-8-6-9(8)10(11)5-7-3-4-7/h7-9H,2-6H2,1H3. The highest BCUT2D eigenvalue weighted by atomic mass is 16.1. The van der Waals surface area contributed by atoms with E-state index >= 15 is 0 Å². The lowest BCUT2D eigenvalue weighted by Crippen LogP contribution is -2.02. The molecule has 0 aromatic rings. The van der Waals surface area contributed by atoms with Crippen LogP contribution in [-0.2, 0) is 4.79 Å². The van der Waals surface area contributed by atoms with Crippen molar-refractivity contribution in [1.29, 1.82) is 0 Å². The summed E-state index contributed by atoms with van der Waals surface area (Å²) in [5, 5.41) is 0. The van der Waals surface area contributed by atoms with Crippen molar-refractivity contribution in [3.8, 4) is 0 Å². The summed E-state index contributed by atoms with van der Waals surface area (Å²) in [6.07, 6.45) is 5.94. The molecule has 2 fully saturated rings. The Morgan fingerprint density at radius 3 is 2.64 bits per heavy atom. The topological polar surface area (TPSA) is 17.1 Å². The zero-order valence-electron chi connectivity index (χ0n) is 7.18. The van der Waals surface area contributed by atoms with Crippen molar-refractivity contribution < 1.29 is 4.79 Å². The Balaban J connectivity index is 1.73. The Bertz CT molecular complexity index is 170. The number of hydrogen-bond donors (Lipinski definition) is 0. The van der Waals surface area contributed by atoms with Gasteiger partial charge in [-0.05, 0) is 31.1 Å². The minimum atomic E-state index is 0.487. The van der Waals surface area contributed by atoms with Gasteiger partial charge in [-0.3, -0.25) is 4.79 Å². The number of carbonyl (C=O) groups excluding carboxylic acids is 1. The molecule has 2 aliphatic rings. The van der Waals surface area contributed by atoms with Crippen molar-refractivity contribution >= 4 is 5.78 Å². The third-order valence-corrected chi connectivity index (χ3v) is 3.05. The molecule has 0 aromatic carbocycles. The van der Waals surface area contributed by atoms with Crippen LogP contribution in [0, 0.1) is 17.8 Å². The molecule has 11 heavy (non-hydrogen) atoms. The fourth-order valence-corrected chi connectivity index (χ4v) is 1.85. The lowest BCUT2D eigenvalue weighted by atomic mass is 10.1. The average molecular weight is 152 g/mol. The zero-order chi connectivity index (χ0) is 7.84. The van der Waals surface area contributed by atoms with Gasteiger partial charge in [0.05, 0.1) is 0 Å². The van der Waals surface area contributed by atoms with E-state index in [1.165, 1.54) is 25.7 Å². The molecule has 62 valence electrons. The molecule has 1 nitrogen and oxygen atoms in total. The van der Waals surface area contributed by atoms with Crippen LogP contribution in [0.2, 0.25) is 0 Å². The molecule has 0 amide bonds. The summed E-state index contributed by atoms with van der Waals surface area (Å²) >= 11 is 0. The largest absolute Gasteiger partial charge is 0.299 e. The van der Waals surface area contributed by atoms with Crippen LogP contribution >= 0.6 is 0 Å². The van der Waals surface area contributed by atoms with Gasteiger partial charge in [0.25, 0.3) is 0 Å². The second-order valence-corrected chi connectivity index (χ2v) is 4.12. The van der Waals surface area contributed by atoms with Crippen molar-refractivity contribution in [2.24, 2.45) is 17.8 Å². The van der Waals surface area contributed by atoms with Gasteiger partial charge in [0.15, 0.2) is 0 Å². The molecule has 0 aliphatic heterocycles. The van der Waals surface area contributed by atoms with E-state index in [1.54, 1.807) is 0 Å². The Morgan fingerprint density at radius 2 is 2.18 bits per heavy atom. The number of carbonyl (C=O) groups is 1. The highest BCUT2D eigenvalue weighted by Crippen LogP contribution is 2.44. The second-order valence-electron chi connectivity index (χ2n) is 4.12. The molecule has 0 radical (unpaired) electrons. The van der Waals surface area contributed by atoms with Crippen LogP contribution in [-0.4, -0.2) is 5.78 Å². The van der Waals surface area contributed by atoms with Gasteiger partial charge in [-0.15, -0.1) is 0 Å². The molecule has 2 unspecified atom stereocenters. The van der Waals surface area contributed by atoms with Gasteiger partial charge >= 0.3 is 0 Å². The Hall–Kier alpha value is -0.330. The number of rotatable bonds is 4. The SMILES string of the molecule is CCC1CC1C(=O)CC1CC1. The van der Waals surface area contributed by atoms with Crippen molar-refractivity contribution in [1.82, 2.24) is 0 Å². The van der Waals surface area contributed by atoms with Gasteiger partial charge in [-0.1, -0.05) is 13.3 Å². The van der Waals surface area contributed by atoms with Crippen LogP contribution < -0.4 is 0 Å². The molecule has 2 aliphatic carbocycles. The molecule has 0 saturated heterocycles. The van der Waals surface area contributed by atoms with Crippen molar-refractivity contribution in [3.05, 3.63) is 0 Å². The molecule has 0 bridgehead atoms. The summed E-state index contributed by atoms with van der Waals surface area (Å²) in [6.45, 7) is 2.19. The predicted octanol–water partition coefficient (Wildman–Crippen LogP) is 2.40. The van der Waals surface area contributed by atoms with E-state index in [0.717, 1.165) is 18.3 Å². The molecular weight excluding hydrogens is 136 g/mol. The second kappa shape index (κ2) is 2.62. The maximum absolute atomic E-state index is 11.4. The Labute approximate surface area is 68.2 Å². The van der Waals surface area contributed by atoms with E-state index in [-0.39, 0.29) is 0 Å². The summed E-state index contributed by atoms with van der Waals surface area (Å²) in [5.41, 5.74) is 0. The predicted molar refractivity (Wildman–Crippen MR) is 44.2 cm³/mol. The molecule has 0 heterocycles. The van der Waals surface area contributed by atoms with Gasteiger partial charge in [0.1, 0.15) is 5.78 Å². The van der Waals surface area contributed by atoms with Gasteiger partial charge in [-0.25, -0.2) is 0 Å². The van der Waals surface area contributed by atoms with Gasteiger partial charge < -0.3 is 0 Å². The summed E-state index contributed by atoms with van der Waals surface area (Å²) < 4.78 is 0. The molecule has 0 spiro atoms. The number of Topliss-reactive ketones (excluding diaryl/α,β-unsaturated/α-hetero) is 1. The van der Waals surface area contributed by atoms with E-state index in [1.807, 2.05) is 0 Å². The fraction of sp³-hybridized carbons (Fsp3) is 0.900. The quantitative estimate of drug-likeness (QED) is 0.604. The van der Waals surface area contributed by atoms with Crippen LogP contribution in [0.15, 0.2) is 0 Å². The molecular formula is C10H16O. The Morgan fingerprint density at radius 1 is 1.45 bits per heavy atom. The van der Waals surface area contributed by atoms with Gasteiger partial charge in [0, 0.05) is 12.3 Å². The lowest BCUT2D eigenvalue weighted by Gasteiger charge is -1.95. The fourth-order valence-electron chi connectivity index (χ4n) is 1.85. The van der Waals surface area contributed by atoms with Crippen molar-refractivity contribution in [3.63, 3.8) is 0 Å². The van der Waals surface area contributed by atoms with Crippen LogP contribution in [0.25, 0.3) is 0 Å². The monoisotopic (exact) mass is 152 g/mol. The Kier molecular flexibility index (Phi) is 1.74. The first kappa shape index (κ1) is 7.33. The molecule has 0 aromatic heterocycles. The maximum atomic E-state index is 11.4. The highest BCUT2D eigenvalue weighted by molar-refractivity contribution is 5.84. The third kappa shape index (κ3) is 1.63. The molecule has 2 rings (SSSR count). The molecule has 2 atom stereocenters. The number of hydrogen-bond acceptors (Lipinski definition) is 1. The first-order chi connectivity index (χ1) is 5.31. The first-order valence-corrected chi connectivity index (χ1v) is 4.84. The van der Waals surface area contributed by atoms with Gasteiger partial charge in [-0.2, -0.15) is 0 Å². The summed E-state index contributed by atoms with van der Waals surface area (Å²) in [5.74, 6) is 2.61. The lowest BCUT2D eigenvalue weighted by molar-refractivity contribution is -0.120. The van der Waals surface area contributed by atoms with E-state index in [4.69, 9.17) is 0 Å². The first-order valence-electron chi connectivity index (χ1n) is 4.84.